The summed E-state index contributed by atoms with van der Waals surface area (Å²) in [5.41, 5.74) is -1.43. The molecular weight excluding hydrogens is 301 g/mol. The number of esters is 1. The first kappa shape index (κ1) is 17.4. The summed E-state index contributed by atoms with van der Waals surface area (Å²) >= 11 is 0. The Labute approximate surface area is 117 Å². The third-order valence-corrected chi connectivity index (χ3v) is 2.81. The van der Waals surface area contributed by atoms with E-state index in [0.717, 1.165) is 12.1 Å². The van der Waals surface area contributed by atoms with Crippen molar-refractivity contribution in [3.63, 3.8) is 0 Å². The Bertz CT molecular complexity index is 480. The second-order valence-corrected chi connectivity index (χ2v) is 4.36. The summed E-state index contributed by atoms with van der Waals surface area (Å²) in [7, 11) is 0. The van der Waals surface area contributed by atoms with Crippen LogP contribution in [0.15, 0.2) is 24.3 Å². The molecule has 9 heteroatoms. The van der Waals surface area contributed by atoms with Gasteiger partial charge in [-0.15, -0.1) is 0 Å². The highest BCUT2D eigenvalue weighted by Crippen LogP contribution is 2.36. The van der Waals surface area contributed by atoms with E-state index in [2.05, 4.69) is 4.74 Å². The summed E-state index contributed by atoms with van der Waals surface area (Å²) in [4.78, 5) is 11.2. The molecule has 1 aromatic carbocycles. The zero-order valence-electron chi connectivity index (χ0n) is 11.0. The van der Waals surface area contributed by atoms with Crippen molar-refractivity contribution in [1.82, 2.24) is 0 Å². The maximum absolute atomic E-state index is 13.0. The van der Waals surface area contributed by atoms with E-state index in [1.807, 2.05) is 0 Å². The molecule has 0 heterocycles. The van der Waals surface area contributed by atoms with Crippen molar-refractivity contribution >= 4 is 12.9 Å². The van der Waals surface area contributed by atoms with Crippen molar-refractivity contribution in [1.29, 1.82) is 0 Å². The van der Waals surface area contributed by atoms with Gasteiger partial charge in [0.05, 0.1) is 12.2 Å². The summed E-state index contributed by atoms with van der Waals surface area (Å²) in [6, 6.07) is 2.61. The van der Waals surface area contributed by atoms with Crippen molar-refractivity contribution in [3.05, 3.63) is 35.4 Å². The predicted molar refractivity (Wildman–Crippen MR) is 64.5 cm³/mol. The van der Waals surface area contributed by atoms with Crippen molar-refractivity contribution in [2.75, 3.05) is 6.61 Å². The Morgan fingerprint density at radius 2 is 1.71 bits per heavy atom. The van der Waals surface area contributed by atoms with E-state index in [0.29, 0.717) is 12.1 Å². The maximum Gasteiger partial charge on any atom is 0.486 e. The van der Waals surface area contributed by atoms with Gasteiger partial charge in [0.25, 0.3) is 0 Å². The monoisotopic (exact) mass is 313 g/mol. The quantitative estimate of drug-likeness (QED) is 0.464. The highest BCUT2D eigenvalue weighted by Gasteiger charge is 2.38. The van der Waals surface area contributed by atoms with E-state index in [-0.39, 0.29) is 12.2 Å². The van der Waals surface area contributed by atoms with Gasteiger partial charge in [-0.05, 0) is 24.9 Å². The molecule has 21 heavy (non-hydrogen) atoms. The van der Waals surface area contributed by atoms with E-state index in [9.17, 15) is 30.9 Å². The molecule has 0 saturated heterocycles. The number of ether oxygens (including phenoxy) is 1. The Kier molecular flexibility index (Phi) is 5.30. The molecule has 0 spiro atoms. The Morgan fingerprint density at radius 1 is 1.19 bits per heavy atom. The Morgan fingerprint density at radius 3 is 2.10 bits per heavy atom. The van der Waals surface area contributed by atoms with Crippen molar-refractivity contribution < 1.29 is 35.6 Å². The van der Waals surface area contributed by atoms with Crippen LogP contribution in [-0.2, 0) is 15.7 Å². The average Bonchev–Trinajstić information content (AvgIpc) is 2.34. The van der Waals surface area contributed by atoms with Crippen LogP contribution in [0.4, 0.5) is 26.1 Å². The van der Waals surface area contributed by atoms with Gasteiger partial charge in [-0.1, -0.05) is 17.7 Å². The first-order valence-corrected chi connectivity index (χ1v) is 6.08. The van der Waals surface area contributed by atoms with Crippen molar-refractivity contribution in [2.45, 2.75) is 25.3 Å². The molecule has 0 aliphatic heterocycles. The van der Waals surface area contributed by atoms with Crippen LogP contribution in [0.3, 0.4) is 0 Å². The van der Waals surface area contributed by atoms with Gasteiger partial charge in [0.15, 0.2) is 0 Å². The van der Waals surface area contributed by atoms with Crippen LogP contribution in [0.2, 0.25) is 0 Å². The van der Waals surface area contributed by atoms with Gasteiger partial charge in [0.1, 0.15) is 0 Å². The maximum atomic E-state index is 13.0. The Hall–Kier alpha value is -1.67. The summed E-state index contributed by atoms with van der Waals surface area (Å²) in [6.07, 6.45) is -5.57. The number of rotatable bonds is 5. The van der Waals surface area contributed by atoms with Gasteiger partial charge in [0, 0.05) is 6.42 Å². The van der Waals surface area contributed by atoms with E-state index >= 15 is 0 Å². The van der Waals surface area contributed by atoms with Gasteiger partial charge in [-0.2, -0.15) is 13.2 Å². The van der Waals surface area contributed by atoms with E-state index in [4.69, 9.17) is 0 Å². The molecule has 0 aromatic heterocycles. The molecule has 0 amide bonds. The number of hydrogen-bond acceptors (Lipinski definition) is 2. The fraction of sp³-hybridized carbons (Fsp3) is 0.417. The number of benzene rings is 1. The van der Waals surface area contributed by atoms with Crippen LogP contribution >= 0.6 is 0 Å². The van der Waals surface area contributed by atoms with Gasteiger partial charge in [-0.25, -0.2) is 0 Å². The number of carbonyl (C=O) groups is 1. The third kappa shape index (κ3) is 4.98. The molecule has 118 valence electrons. The lowest BCUT2D eigenvalue weighted by Gasteiger charge is -2.26. The molecule has 0 aliphatic carbocycles. The minimum atomic E-state index is -5.44. The molecule has 0 saturated carbocycles. The number of carbonyl (C=O) groups excluding carboxylic acids is 1. The second kappa shape index (κ2) is 6.40. The van der Waals surface area contributed by atoms with Crippen LogP contribution in [0.5, 0.6) is 0 Å². The second-order valence-electron chi connectivity index (χ2n) is 4.36. The molecule has 1 unspecified atom stereocenters. The normalized spacial score (nSPS) is 13.9. The zero-order valence-corrected chi connectivity index (χ0v) is 11.0. The smallest absolute Gasteiger partial charge is 0.466 e. The number of alkyl halides is 3. The zero-order chi connectivity index (χ0) is 16.3. The largest absolute Gasteiger partial charge is 0.486 e. The van der Waals surface area contributed by atoms with Gasteiger partial charge in [-0.3, -0.25) is 4.79 Å². The fourth-order valence-electron chi connectivity index (χ4n) is 1.79. The van der Waals surface area contributed by atoms with Gasteiger partial charge in [0.2, 0.25) is 0 Å². The van der Waals surface area contributed by atoms with Crippen LogP contribution in [0, 0.1) is 0 Å². The van der Waals surface area contributed by atoms with E-state index < -0.39 is 36.9 Å². The Balaban J connectivity index is 3.02. The summed E-state index contributed by atoms with van der Waals surface area (Å²) in [5, 5.41) is 0. The third-order valence-electron chi connectivity index (χ3n) is 2.81. The number of halogens is 6. The van der Waals surface area contributed by atoms with Crippen LogP contribution < -0.4 is 0 Å². The first-order chi connectivity index (χ1) is 9.55. The molecule has 0 fully saturated rings. The van der Waals surface area contributed by atoms with E-state index in [1.165, 1.54) is 6.92 Å². The molecule has 0 aliphatic rings. The van der Waals surface area contributed by atoms with Crippen molar-refractivity contribution in [2.24, 2.45) is 0 Å². The van der Waals surface area contributed by atoms with Crippen LogP contribution in [0.1, 0.15) is 30.3 Å². The minimum Gasteiger partial charge on any atom is -0.466 e. The summed E-state index contributed by atoms with van der Waals surface area (Å²) in [5.74, 6) is -3.17. The van der Waals surface area contributed by atoms with Crippen LogP contribution in [0.25, 0.3) is 0 Å². The average molecular weight is 313 g/mol. The summed E-state index contributed by atoms with van der Waals surface area (Å²) < 4.78 is 80.5. The molecule has 0 N–H and O–H groups in total. The first-order valence-electron chi connectivity index (χ1n) is 6.08. The van der Waals surface area contributed by atoms with E-state index in [1.54, 1.807) is 0 Å². The summed E-state index contributed by atoms with van der Waals surface area (Å²) in [6.45, 7) is -4.05. The topological polar surface area (TPSA) is 26.3 Å². The minimum absolute atomic E-state index is 0.0660. The highest BCUT2D eigenvalue weighted by molar-refractivity contribution is 6.60. The van der Waals surface area contributed by atoms with Gasteiger partial charge >= 0.3 is 19.1 Å². The van der Waals surface area contributed by atoms with Crippen molar-refractivity contribution in [3.8, 4) is 0 Å². The molecule has 0 radical (unpaired) electrons. The predicted octanol–water partition coefficient (Wildman–Crippen LogP) is 4.13. The molecular formula is C12H12BF6O2-. The molecule has 1 rings (SSSR count). The standard InChI is InChI=1S/C12H12BF6O2/c1-2-21-11(20)7-10(13(17,18)19)8-3-5-9(6-4-8)12(14,15)16/h3-6,10H,2,7H2,1H3/q-1. The molecule has 1 aromatic rings. The molecule has 0 bridgehead atoms. The lowest BCUT2D eigenvalue weighted by molar-refractivity contribution is -0.143. The fourth-order valence-corrected chi connectivity index (χ4v) is 1.79. The van der Waals surface area contributed by atoms with Crippen LogP contribution in [-0.4, -0.2) is 19.6 Å². The number of hydrogen-bond donors (Lipinski definition) is 0. The van der Waals surface area contributed by atoms with Gasteiger partial charge < -0.3 is 17.7 Å². The molecule has 1 atom stereocenters. The highest BCUT2D eigenvalue weighted by atomic mass is 19.4. The lowest BCUT2D eigenvalue weighted by Crippen LogP contribution is -2.30. The molecule has 2 nitrogen and oxygen atoms in total. The lowest BCUT2D eigenvalue weighted by atomic mass is 9.66. The SMILES string of the molecule is CCOC(=O)CC(c1ccc(C(F)(F)F)cc1)[B-](F)(F)F.